The van der Waals surface area contributed by atoms with Gasteiger partial charge in [-0.3, -0.25) is 0 Å². The van der Waals surface area contributed by atoms with Gasteiger partial charge in [0, 0.05) is 18.4 Å². The lowest BCUT2D eigenvalue weighted by atomic mass is 9.98. The maximum Gasteiger partial charge on any atom is 0.449 e. The second-order valence-electron chi connectivity index (χ2n) is 4.14. The maximum absolute atomic E-state index is 12.6. The molecule has 1 aromatic rings. The summed E-state index contributed by atoms with van der Waals surface area (Å²) in [7, 11) is 1.81. The third kappa shape index (κ3) is 2.07. The van der Waals surface area contributed by atoms with Gasteiger partial charge in [0.1, 0.15) is 0 Å². The number of alkyl halides is 3. The highest BCUT2D eigenvalue weighted by molar-refractivity contribution is 5.11. The highest BCUT2D eigenvalue weighted by Gasteiger charge is 2.38. The van der Waals surface area contributed by atoms with Gasteiger partial charge >= 0.3 is 6.18 Å². The van der Waals surface area contributed by atoms with E-state index in [1.54, 1.807) is 0 Å². The van der Waals surface area contributed by atoms with Crippen molar-refractivity contribution >= 4 is 0 Å². The number of halogens is 3. The number of nitrogens with zero attached hydrogens (tertiary/aromatic N) is 2. The molecule has 1 N–H and O–H groups in total. The van der Waals surface area contributed by atoms with Gasteiger partial charge in [0.2, 0.25) is 5.82 Å². The fraction of sp³-hybridized carbons (Fsp3) is 0.700. The molecule has 0 radical (unpaired) electrons. The molecule has 0 saturated carbocycles. The minimum absolute atomic E-state index is 0.257. The number of rotatable bonds is 2. The Labute approximate surface area is 91.7 Å². The molecule has 6 heteroatoms. The quantitative estimate of drug-likeness (QED) is 0.842. The van der Waals surface area contributed by atoms with Crippen molar-refractivity contribution in [3.05, 3.63) is 17.7 Å². The predicted molar refractivity (Wildman–Crippen MR) is 53.0 cm³/mol. The van der Waals surface area contributed by atoms with Crippen molar-refractivity contribution in [2.75, 3.05) is 13.6 Å². The van der Waals surface area contributed by atoms with E-state index in [9.17, 15) is 13.2 Å². The number of aryl methyl sites for hydroxylation is 1. The van der Waals surface area contributed by atoms with Crippen molar-refractivity contribution in [1.29, 1.82) is 0 Å². The predicted octanol–water partition coefficient (Wildman–Crippen LogP) is 1.68. The summed E-state index contributed by atoms with van der Waals surface area (Å²) < 4.78 is 39.2. The molecular weight excluding hydrogens is 219 g/mol. The van der Waals surface area contributed by atoms with Crippen molar-refractivity contribution in [2.45, 2.75) is 25.6 Å². The van der Waals surface area contributed by atoms with Gasteiger partial charge < -0.3 is 9.88 Å². The van der Waals surface area contributed by atoms with E-state index in [-0.39, 0.29) is 5.92 Å². The minimum atomic E-state index is -4.35. The van der Waals surface area contributed by atoms with E-state index in [0.29, 0.717) is 18.7 Å². The topological polar surface area (TPSA) is 29.9 Å². The largest absolute Gasteiger partial charge is 0.449 e. The van der Waals surface area contributed by atoms with Gasteiger partial charge in [-0.1, -0.05) is 0 Å². The fourth-order valence-electron chi connectivity index (χ4n) is 2.20. The summed E-state index contributed by atoms with van der Waals surface area (Å²) >= 11 is 0. The first-order valence-corrected chi connectivity index (χ1v) is 5.28. The molecule has 0 fully saturated rings. The molecule has 2 heterocycles. The van der Waals surface area contributed by atoms with Gasteiger partial charge in [-0.2, -0.15) is 13.2 Å². The van der Waals surface area contributed by atoms with Crippen molar-refractivity contribution in [2.24, 2.45) is 5.92 Å². The second-order valence-corrected chi connectivity index (χ2v) is 4.14. The van der Waals surface area contributed by atoms with Crippen LogP contribution in [0.5, 0.6) is 0 Å². The number of hydrogen-bond donors (Lipinski definition) is 1. The highest BCUT2D eigenvalue weighted by atomic mass is 19.4. The van der Waals surface area contributed by atoms with Crippen LogP contribution in [-0.4, -0.2) is 23.1 Å². The molecule has 16 heavy (non-hydrogen) atoms. The summed E-state index contributed by atoms with van der Waals surface area (Å²) in [4.78, 5) is 3.48. The molecule has 1 aromatic heterocycles. The Hall–Kier alpha value is -1.04. The lowest BCUT2D eigenvalue weighted by Crippen LogP contribution is -2.30. The molecule has 0 aromatic carbocycles. The number of nitrogens with one attached hydrogen (secondary N) is 1. The molecule has 0 spiro atoms. The van der Waals surface area contributed by atoms with Crippen molar-refractivity contribution < 1.29 is 13.2 Å². The van der Waals surface area contributed by atoms with E-state index in [0.717, 1.165) is 13.0 Å². The number of imidazole rings is 1. The number of fused-ring (bicyclic) bond motifs is 1. The molecule has 1 aliphatic heterocycles. The zero-order valence-corrected chi connectivity index (χ0v) is 9.01. The van der Waals surface area contributed by atoms with Crippen LogP contribution in [0, 0.1) is 5.92 Å². The molecule has 3 nitrogen and oxygen atoms in total. The third-order valence-electron chi connectivity index (χ3n) is 2.93. The summed E-state index contributed by atoms with van der Waals surface area (Å²) in [5.41, 5.74) is 0.694. The lowest BCUT2D eigenvalue weighted by Gasteiger charge is -2.25. The van der Waals surface area contributed by atoms with Crippen molar-refractivity contribution in [1.82, 2.24) is 14.9 Å². The van der Waals surface area contributed by atoms with Gasteiger partial charge in [0.25, 0.3) is 0 Å². The first kappa shape index (κ1) is 11.4. The Morgan fingerprint density at radius 1 is 1.56 bits per heavy atom. The van der Waals surface area contributed by atoms with Gasteiger partial charge in [-0.15, -0.1) is 0 Å². The van der Waals surface area contributed by atoms with E-state index in [4.69, 9.17) is 0 Å². The number of hydrogen-bond acceptors (Lipinski definition) is 2. The van der Waals surface area contributed by atoms with E-state index in [1.165, 1.54) is 10.8 Å². The Morgan fingerprint density at radius 2 is 2.31 bits per heavy atom. The van der Waals surface area contributed by atoms with E-state index in [1.807, 2.05) is 7.05 Å². The van der Waals surface area contributed by atoms with E-state index < -0.39 is 12.0 Å². The molecule has 90 valence electrons. The summed E-state index contributed by atoms with van der Waals surface area (Å²) in [5, 5.41) is 3.00. The first-order valence-electron chi connectivity index (χ1n) is 5.28. The first-order chi connectivity index (χ1) is 7.52. The molecule has 0 aliphatic carbocycles. The Morgan fingerprint density at radius 3 is 2.94 bits per heavy atom. The van der Waals surface area contributed by atoms with Crippen LogP contribution < -0.4 is 5.32 Å². The minimum Gasteiger partial charge on any atom is -0.324 e. The number of aromatic nitrogens is 2. The van der Waals surface area contributed by atoms with Gasteiger partial charge in [0.15, 0.2) is 0 Å². The molecular formula is C10H14F3N3. The smallest absolute Gasteiger partial charge is 0.324 e. The average molecular weight is 233 g/mol. The van der Waals surface area contributed by atoms with Crippen LogP contribution in [0.3, 0.4) is 0 Å². The van der Waals surface area contributed by atoms with E-state index >= 15 is 0 Å². The molecule has 0 bridgehead atoms. The van der Waals surface area contributed by atoms with Crippen molar-refractivity contribution in [3.8, 4) is 0 Å². The standard InChI is InChI=1S/C10H14F3N3/c1-14-4-7-2-3-8-5-15-9(10(11,12)13)16(8)6-7/h5,7,14H,2-4,6H2,1H3. The van der Waals surface area contributed by atoms with Crippen LogP contribution in [-0.2, 0) is 19.1 Å². The summed E-state index contributed by atoms with van der Waals surface area (Å²) in [6.07, 6.45) is -1.41. The Kier molecular flexibility index (Phi) is 2.92. The maximum atomic E-state index is 12.6. The molecule has 0 saturated heterocycles. The second kappa shape index (κ2) is 4.08. The molecule has 0 amide bonds. The lowest BCUT2D eigenvalue weighted by molar-refractivity contribution is -0.147. The fourth-order valence-corrected chi connectivity index (χ4v) is 2.20. The average Bonchev–Trinajstić information content (AvgIpc) is 2.60. The Bertz CT molecular complexity index is 370. The summed E-state index contributed by atoms with van der Waals surface area (Å²) in [5.74, 6) is -0.504. The monoisotopic (exact) mass is 233 g/mol. The molecule has 2 rings (SSSR count). The summed E-state index contributed by atoms with van der Waals surface area (Å²) in [6, 6.07) is 0. The van der Waals surface area contributed by atoms with Crippen LogP contribution in [0.2, 0.25) is 0 Å². The van der Waals surface area contributed by atoms with Crippen LogP contribution in [0.1, 0.15) is 17.9 Å². The van der Waals surface area contributed by atoms with Gasteiger partial charge in [0.05, 0.1) is 0 Å². The normalized spacial score (nSPS) is 20.9. The highest BCUT2D eigenvalue weighted by Crippen LogP contribution is 2.32. The molecule has 1 aliphatic rings. The van der Waals surface area contributed by atoms with Crippen molar-refractivity contribution in [3.63, 3.8) is 0 Å². The van der Waals surface area contributed by atoms with Crippen LogP contribution in [0.15, 0.2) is 6.20 Å². The SMILES string of the molecule is CNCC1CCc2cnc(C(F)(F)F)n2C1. The van der Waals surface area contributed by atoms with E-state index in [2.05, 4.69) is 10.3 Å². The molecule has 1 atom stereocenters. The third-order valence-corrected chi connectivity index (χ3v) is 2.93. The van der Waals surface area contributed by atoms with Crippen LogP contribution in [0.25, 0.3) is 0 Å². The van der Waals surface area contributed by atoms with Crippen LogP contribution >= 0.6 is 0 Å². The summed E-state index contributed by atoms with van der Waals surface area (Å²) in [6.45, 7) is 1.15. The molecule has 1 unspecified atom stereocenters. The van der Waals surface area contributed by atoms with Gasteiger partial charge in [-0.05, 0) is 32.4 Å². The zero-order valence-electron chi connectivity index (χ0n) is 9.01. The Balaban J connectivity index is 2.25. The van der Waals surface area contributed by atoms with Crippen LogP contribution in [0.4, 0.5) is 13.2 Å². The van der Waals surface area contributed by atoms with Gasteiger partial charge in [-0.25, -0.2) is 4.98 Å². The zero-order chi connectivity index (χ0) is 11.8.